The molecule has 0 aliphatic heterocycles. The van der Waals surface area contributed by atoms with Crippen molar-refractivity contribution in [2.24, 2.45) is 0 Å². The Balaban J connectivity index is 1.60. The van der Waals surface area contributed by atoms with Crippen LogP contribution in [-0.2, 0) is 15.6 Å². The van der Waals surface area contributed by atoms with Crippen molar-refractivity contribution in [3.8, 4) is 0 Å². The summed E-state index contributed by atoms with van der Waals surface area (Å²) in [6.45, 7) is 4.09. The maximum atomic E-state index is 12.6. The molecule has 0 saturated carbocycles. The van der Waals surface area contributed by atoms with E-state index in [4.69, 9.17) is 0 Å². The number of benzene rings is 2. The lowest BCUT2D eigenvalue weighted by Gasteiger charge is -2.05. The Morgan fingerprint density at radius 2 is 1.79 bits per heavy atom. The van der Waals surface area contributed by atoms with Crippen LogP contribution in [0.2, 0.25) is 0 Å². The van der Waals surface area contributed by atoms with Crippen molar-refractivity contribution in [3.05, 3.63) is 59.2 Å². The standard InChI is InChI=1S/C18H17F2N3O2S3/c1-11-3-6-14(9-12(11)2)21-17-22-23-18(27-17)26-10-13-4-7-15(8-5-13)28(24,25)16(19)20/h3-9,16H,10H2,1-2H3,(H,21,22). The number of hydrogen-bond donors (Lipinski definition) is 1. The number of anilines is 2. The summed E-state index contributed by atoms with van der Waals surface area (Å²) in [5, 5.41) is 12.1. The molecule has 1 heterocycles. The molecule has 0 saturated heterocycles. The van der Waals surface area contributed by atoms with E-state index in [-0.39, 0.29) is 4.90 Å². The van der Waals surface area contributed by atoms with E-state index in [1.807, 2.05) is 32.0 Å². The molecule has 0 amide bonds. The number of hydrogen-bond acceptors (Lipinski definition) is 7. The molecular formula is C18H17F2N3O2S3. The monoisotopic (exact) mass is 441 g/mol. The summed E-state index contributed by atoms with van der Waals surface area (Å²) in [5.74, 6) is -2.90. The first-order valence-electron chi connectivity index (χ1n) is 8.17. The average Bonchev–Trinajstić information content (AvgIpc) is 3.10. The zero-order chi connectivity index (χ0) is 20.3. The van der Waals surface area contributed by atoms with Gasteiger partial charge in [-0.2, -0.15) is 8.78 Å². The Kier molecular flexibility index (Phi) is 6.31. The number of nitrogens with zero attached hydrogens (tertiary/aromatic N) is 2. The Hall–Kier alpha value is -2.04. The average molecular weight is 442 g/mol. The molecule has 0 spiro atoms. The van der Waals surface area contributed by atoms with Gasteiger partial charge in [-0.05, 0) is 54.8 Å². The third-order valence-electron chi connectivity index (χ3n) is 4.01. The molecule has 0 fully saturated rings. The highest BCUT2D eigenvalue weighted by atomic mass is 32.2. The zero-order valence-electron chi connectivity index (χ0n) is 15.0. The quantitative estimate of drug-likeness (QED) is 0.509. The van der Waals surface area contributed by atoms with E-state index in [1.165, 1.54) is 58.5 Å². The van der Waals surface area contributed by atoms with Crippen molar-refractivity contribution < 1.29 is 17.2 Å². The van der Waals surface area contributed by atoms with Gasteiger partial charge in [0, 0.05) is 11.4 Å². The van der Waals surface area contributed by atoms with E-state index in [9.17, 15) is 17.2 Å². The van der Waals surface area contributed by atoms with Crippen LogP contribution < -0.4 is 5.32 Å². The Morgan fingerprint density at radius 3 is 2.43 bits per heavy atom. The molecule has 0 bridgehead atoms. The summed E-state index contributed by atoms with van der Waals surface area (Å²) in [6.07, 6.45) is 0. The number of aromatic nitrogens is 2. The smallest absolute Gasteiger partial charge is 0.330 e. The predicted molar refractivity (Wildman–Crippen MR) is 108 cm³/mol. The molecule has 148 valence electrons. The second-order valence-electron chi connectivity index (χ2n) is 6.04. The summed E-state index contributed by atoms with van der Waals surface area (Å²) in [7, 11) is -4.56. The number of aryl methyl sites for hydroxylation is 2. The normalized spacial score (nSPS) is 11.8. The summed E-state index contributed by atoms with van der Waals surface area (Å²) in [6, 6.07) is 11.5. The number of rotatable bonds is 7. The topological polar surface area (TPSA) is 72.0 Å². The lowest BCUT2D eigenvalue weighted by molar-refractivity contribution is 0.234. The van der Waals surface area contributed by atoms with Crippen LogP contribution in [0.5, 0.6) is 0 Å². The molecule has 3 rings (SSSR count). The van der Waals surface area contributed by atoms with E-state index in [0.717, 1.165) is 15.6 Å². The van der Waals surface area contributed by atoms with Gasteiger partial charge >= 0.3 is 5.76 Å². The zero-order valence-corrected chi connectivity index (χ0v) is 17.5. The lowest BCUT2D eigenvalue weighted by atomic mass is 10.1. The van der Waals surface area contributed by atoms with Crippen LogP contribution in [0.4, 0.5) is 19.6 Å². The summed E-state index contributed by atoms with van der Waals surface area (Å²) in [4.78, 5) is -0.382. The van der Waals surface area contributed by atoms with E-state index < -0.39 is 15.6 Å². The van der Waals surface area contributed by atoms with Crippen LogP contribution in [0.15, 0.2) is 51.7 Å². The number of thioether (sulfide) groups is 1. The van der Waals surface area contributed by atoms with Gasteiger partial charge in [0.25, 0.3) is 0 Å². The molecular weight excluding hydrogens is 424 g/mol. The van der Waals surface area contributed by atoms with Crippen molar-refractivity contribution >= 4 is 43.8 Å². The van der Waals surface area contributed by atoms with Gasteiger partial charge in [-0.3, -0.25) is 0 Å². The minimum Gasteiger partial charge on any atom is -0.330 e. The molecule has 0 aliphatic rings. The van der Waals surface area contributed by atoms with Crippen LogP contribution in [0, 0.1) is 13.8 Å². The van der Waals surface area contributed by atoms with Crippen molar-refractivity contribution in [2.45, 2.75) is 34.6 Å². The fourth-order valence-corrected chi connectivity index (χ4v) is 4.73. The van der Waals surface area contributed by atoms with Gasteiger partial charge in [0.05, 0.1) is 4.90 Å². The van der Waals surface area contributed by atoms with Crippen molar-refractivity contribution in [3.63, 3.8) is 0 Å². The third kappa shape index (κ3) is 4.86. The maximum Gasteiger partial charge on any atom is 0.341 e. The molecule has 28 heavy (non-hydrogen) atoms. The summed E-state index contributed by atoms with van der Waals surface area (Å²) < 4.78 is 48.7. The highest BCUT2D eigenvalue weighted by molar-refractivity contribution is 8.00. The van der Waals surface area contributed by atoms with Crippen molar-refractivity contribution in [1.82, 2.24) is 10.2 Å². The Bertz CT molecular complexity index is 1070. The first-order valence-corrected chi connectivity index (χ1v) is 11.5. The van der Waals surface area contributed by atoms with Gasteiger partial charge in [0.15, 0.2) is 4.34 Å². The third-order valence-corrected chi connectivity index (χ3v) is 7.45. The van der Waals surface area contributed by atoms with Gasteiger partial charge in [0.2, 0.25) is 15.0 Å². The van der Waals surface area contributed by atoms with E-state index >= 15 is 0 Å². The molecule has 1 N–H and O–H groups in total. The minimum absolute atomic E-state index is 0.382. The predicted octanol–water partition coefficient (Wildman–Crippen LogP) is 5.19. The second kappa shape index (κ2) is 8.54. The molecule has 2 aromatic carbocycles. The fraction of sp³-hybridized carbons (Fsp3) is 0.222. The maximum absolute atomic E-state index is 12.6. The molecule has 5 nitrogen and oxygen atoms in total. The number of halogens is 2. The van der Waals surface area contributed by atoms with Gasteiger partial charge in [-0.1, -0.05) is 41.3 Å². The molecule has 0 unspecified atom stereocenters. The molecule has 0 aliphatic carbocycles. The van der Waals surface area contributed by atoms with Crippen LogP contribution >= 0.6 is 23.1 Å². The minimum atomic E-state index is -4.56. The van der Waals surface area contributed by atoms with Gasteiger partial charge < -0.3 is 5.32 Å². The van der Waals surface area contributed by atoms with Crippen molar-refractivity contribution in [2.75, 3.05) is 5.32 Å². The van der Waals surface area contributed by atoms with Gasteiger partial charge in [-0.15, -0.1) is 10.2 Å². The molecule has 0 radical (unpaired) electrons. The number of nitrogens with one attached hydrogen (secondary N) is 1. The van der Waals surface area contributed by atoms with Gasteiger partial charge in [-0.25, -0.2) is 8.42 Å². The van der Waals surface area contributed by atoms with Gasteiger partial charge in [0.1, 0.15) is 0 Å². The summed E-state index contributed by atoms with van der Waals surface area (Å²) in [5.41, 5.74) is 4.14. The van der Waals surface area contributed by atoms with Crippen LogP contribution in [0.25, 0.3) is 0 Å². The molecule has 3 aromatic rings. The Morgan fingerprint density at radius 1 is 1.07 bits per heavy atom. The largest absolute Gasteiger partial charge is 0.341 e. The van der Waals surface area contributed by atoms with E-state index in [1.54, 1.807) is 0 Å². The van der Waals surface area contributed by atoms with Crippen LogP contribution in [0.1, 0.15) is 16.7 Å². The highest BCUT2D eigenvalue weighted by Gasteiger charge is 2.26. The highest BCUT2D eigenvalue weighted by Crippen LogP contribution is 2.30. The summed E-state index contributed by atoms with van der Waals surface area (Å²) >= 11 is 2.84. The number of alkyl halides is 2. The SMILES string of the molecule is Cc1ccc(Nc2nnc(SCc3ccc(S(=O)(=O)C(F)F)cc3)s2)cc1C. The molecule has 10 heteroatoms. The van der Waals surface area contributed by atoms with Crippen molar-refractivity contribution in [1.29, 1.82) is 0 Å². The Labute approximate surface area is 170 Å². The lowest BCUT2D eigenvalue weighted by Crippen LogP contribution is -2.11. The van der Waals surface area contributed by atoms with E-state index in [2.05, 4.69) is 15.5 Å². The first-order chi connectivity index (χ1) is 13.3. The fourth-order valence-electron chi connectivity index (χ4n) is 2.28. The molecule has 1 aromatic heterocycles. The first kappa shape index (κ1) is 20.7. The number of sulfone groups is 1. The van der Waals surface area contributed by atoms with Crippen LogP contribution in [-0.4, -0.2) is 24.4 Å². The molecule has 0 atom stereocenters. The second-order valence-corrected chi connectivity index (χ2v) is 10.2. The van der Waals surface area contributed by atoms with Crippen LogP contribution in [0.3, 0.4) is 0 Å². The van der Waals surface area contributed by atoms with E-state index in [0.29, 0.717) is 10.9 Å².